The molecule has 0 saturated heterocycles. The first kappa shape index (κ1) is 14.4. The molecule has 1 fully saturated rings. The van der Waals surface area contributed by atoms with Gasteiger partial charge in [-0.3, -0.25) is 20.2 Å². The average molecular weight is 257 g/mol. The normalized spacial score (nSPS) is 17.7. The number of rotatable bonds is 6. The number of amides is 3. The predicted octanol–water partition coefficient (Wildman–Crippen LogP) is -0.182. The van der Waals surface area contributed by atoms with Gasteiger partial charge < -0.3 is 10.4 Å². The van der Waals surface area contributed by atoms with Crippen molar-refractivity contribution in [2.45, 2.75) is 44.7 Å². The van der Waals surface area contributed by atoms with Crippen LogP contribution in [0.15, 0.2) is 0 Å². The minimum absolute atomic E-state index is 0.172. The molecule has 1 unspecified atom stereocenters. The SMILES string of the molecule is CCC(C)(NCC(=O)NC(=O)NC1CC1)C(=O)O. The molecule has 4 N–H and O–H groups in total. The lowest BCUT2D eigenvalue weighted by molar-refractivity contribution is -0.144. The number of nitrogens with one attached hydrogen (secondary N) is 3. The van der Waals surface area contributed by atoms with Gasteiger partial charge >= 0.3 is 12.0 Å². The van der Waals surface area contributed by atoms with Crippen LogP contribution in [-0.4, -0.2) is 41.1 Å². The zero-order valence-corrected chi connectivity index (χ0v) is 10.6. The van der Waals surface area contributed by atoms with E-state index in [2.05, 4.69) is 16.0 Å². The number of carbonyl (C=O) groups is 3. The summed E-state index contributed by atoms with van der Waals surface area (Å²) in [7, 11) is 0. The van der Waals surface area contributed by atoms with Crippen molar-refractivity contribution in [3.63, 3.8) is 0 Å². The number of urea groups is 1. The van der Waals surface area contributed by atoms with Crippen LogP contribution in [0.3, 0.4) is 0 Å². The molecular formula is C11H19N3O4. The monoisotopic (exact) mass is 257 g/mol. The topological polar surface area (TPSA) is 108 Å². The number of carboxylic acid groups (broad SMARTS) is 1. The fourth-order valence-corrected chi connectivity index (χ4v) is 1.25. The quantitative estimate of drug-likeness (QED) is 0.528. The highest BCUT2D eigenvalue weighted by Crippen LogP contribution is 2.18. The number of carbonyl (C=O) groups excluding carboxylic acids is 2. The van der Waals surface area contributed by atoms with E-state index in [-0.39, 0.29) is 12.6 Å². The maximum absolute atomic E-state index is 11.4. The lowest BCUT2D eigenvalue weighted by Gasteiger charge is -2.24. The Morgan fingerprint density at radius 2 is 1.94 bits per heavy atom. The van der Waals surface area contributed by atoms with Gasteiger partial charge in [0.2, 0.25) is 5.91 Å². The molecule has 0 heterocycles. The molecule has 0 radical (unpaired) electrons. The highest BCUT2D eigenvalue weighted by atomic mass is 16.4. The van der Waals surface area contributed by atoms with E-state index in [0.717, 1.165) is 12.8 Å². The van der Waals surface area contributed by atoms with Gasteiger partial charge in [0.25, 0.3) is 0 Å². The number of carboxylic acids is 1. The number of imide groups is 1. The van der Waals surface area contributed by atoms with Gasteiger partial charge in [0.1, 0.15) is 5.54 Å². The Kier molecular flexibility index (Phi) is 4.66. The predicted molar refractivity (Wildman–Crippen MR) is 64.0 cm³/mol. The molecule has 0 aromatic rings. The van der Waals surface area contributed by atoms with Crippen molar-refractivity contribution in [3.8, 4) is 0 Å². The van der Waals surface area contributed by atoms with E-state index in [9.17, 15) is 14.4 Å². The Morgan fingerprint density at radius 1 is 1.33 bits per heavy atom. The molecule has 1 saturated carbocycles. The summed E-state index contributed by atoms with van der Waals surface area (Å²) >= 11 is 0. The highest BCUT2D eigenvalue weighted by molar-refractivity contribution is 5.95. The van der Waals surface area contributed by atoms with Crippen molar-refractivity contribution >= 4 is 17.9 Å². The Bertz CT molecular complexity index is 354. The van der Waals surface area contributed by atoms with Gasteiger partial charge in [-0.1, -0.05) is 6.92 Å². The van der Waals surface area contributed by atoms with Crippen LogP contribution in [0.1, 0.15) is 33.1 Å². The maximum Gasteiger partial charge on any atom is 0.323 e. The van der Waals surface area contributed by atoms with Crippen LogP contribution < -0.4 is 16.0 Å². The number of hydrogen-bond acceptors (Lipinski definition) is 4. The van der Waals surface area contributed by atoms with Crippen molar-refractivity contribution in [2.75, 3.05) is 6.54 Å². The first-order valence-corrected chi connectivity index (χ1v) is 5.96. The van der Waals surface area contributed by atoms with Gasteiger partial charge in [0, 0.05) is 6.04 Å². The summed E-state index contributed by atoms with van der Waals surface area (Å²) in [6.07, 6.45) is 2.21. The van der Waals surface area contributed by atoms with Gasteiger partial charge in [-0.25, -0.2) is 4.79 Å². The Balaban J connectivity index is 2.30. The molecule has 0 aromatic carbocycles. The molecule has 1 aliphatic carbocycles. The molecule has 3 amide bonds. The van der Waals surface area contributed by atoms with Gasteiger partial charge in [-0.2, -0.15) is 0 Å². The summed E-state index contributed by atoms with van der Waals surface area (Å²) in [6.45, 7) is 2.99. The smallest absolute Gasteiger partial charge is 0.323 e. The van der Waals surface area contributed by atoms with Gasteiger partial charge in [0.05, 0.1) is 6.54 Å². The third-order valence-electron chi connectivity index (χ3n) is 2.98. The lowest BCUT2D eigenvalue weighted by atomic mass is 9.99. The van der Waals surface area contributed by atoms with Crippen LogP contribution in [0.5, 0.6) is 0 Å². The molecule has 0 bridgehead atoms. The minimum atomic E-state index is -1.16. The summed E-state index contributed by atoms with van der Waals surface area (Å²) in [6, 6.07) is -0.358. The molecule has 1 rings (SSSR count). The van der Waals surface area contributed by atoms with Crippen LogP contribution in [0.2, 0.25) is 0 Å². The van der Waals surface area contributed by atoms with E-state index in [1.165, 1.54) is 6.92 Å². The van der Waals surface area contributed by atoms with Crippen LogP contribution >= 0.6 is 0 Å². The van der Waals surface area contributed by atoms with Crippen molar-refractivity contribution in [2.24, 2.45) is 0 Å². The first-order valence-electron chi connectivity index (χ1n) is 5.96. The lowest BCUT2D eigenvalue weighted by Crippen LogP contribution is -2.53. The number of hydrogen-bond donors (Lipinski definition) is 4. The largest absolute Gasteiger partial charge is 0.480 e. The summed E-state index contributed by atoms with van der Waals surface area (Å²) in [5.41, 5.74) is -1.16. The van der Waals surface area contributed by atoms with Crippen LogP contribution in [-0.2, 0) is 9.59 Å². The zero-order valence-electron chi connectivity index (χ0n) is 10.6. The molecular weight excluding hydrogens is 238 g/mol. The Hall–Kier alpha value is -1.63. The fourth-order valence-electron chi connectivity index (χ4n) is 1.25. The molecule has 18 heavy (non-hydrogen) atoms. The van der Waals surface area contributed by atoms with Crippen LogP contribution in [0.4, 0.5) is 4.79 Å². The molecule has 1 atom stereocenters. The zero-order chi connectivity index (χ0) is 13.8. The molecule has 0 aliphatic heterocycles. The Labute approximate surface area is 105 Å². The van der Waals surface area contributed by atoms with Crippen LogP contribution in [0.25, 0.3) is 0 Å². The van der Waals surface area contributed by atoms with Gasteiger partial charge in [-0.05, 0) is 26.2 Å². The van der Waals surface area contributed by atoms with E-state index < -0.39 is 23.4 Å². The van der Waals surface area contributed by atoms with Gasteiger partial charge in [-0.15, -0.1) is 0 Å². The molecule has 0 aromatic heterocycles. The Morgan fingerprint density at radius 3 is 2.39 bits per heavy atom. The summed E-state index contributed by atoms with van der Waals surface area (Å²) in [4.78, 5) is 33.6. The van der Waals surface area contributed by atoms with Crippen molar-refractivity contribution in [1.82, 2.24) is 16.0 Å². The van der Waals surface area contributed by atoms with Crippen molar-refractivity contribution in [3.05, 3.63) is 0 Å². The second-order valence-electron chi connectivity index (χ2n) is 4.64. The standard InChI is InChI=1S/C11H19N3O4/c1-3-11(2,9(16)17)12-6-8(15)14-10(18)13-7-4-5-7/h7,12H,3-6H2,1-2H3,(H,16,17)(H2,13,14,15,18). The average Bonchev–Trinajstić information content (AvgIpc) is 3.09. The van der Waals surface area contributed by atoms with Gasteiger partial charge in [0.15, 0.2) is 0 Å². The van der Waals surface area contributed by atoms with Crippen molar-refractivity contribution in [1.29, 1.82) is 0 Å². The first-order chi connectivity index (χ1) is 8.37. The molecule has 7 heteroatoms. The van der Waals surface area contributed by atoms with E-state index in [1.807, 2.05) is 0 Å². The minimum Gasteiger partial charge on any atom is -0.480 e. The summed E-state index contributed by atoms with van der Waals surface area (Å²) in [5, 5.41) is 16.4. The van der Waals surface area contributed by atoms with Crippen molar-refractivity contribution < 1.29 is 19.5 Å². The summed E-state index contributed by atoms with van der Waals surface area (Å²) < 4.78 is 0. The molecule has 0 spiro atoms. The van der Waals surface area contributed by atoms with E-state index in [4.69, 9.17) is 5.11 Å². The van der Waals surface area contributed by atoms with E-state index in [1.54, 1.807) is 6.92 Å². The third-order valence-corrected chi connectivity index (χ3v) is 2.98. The fraction of sp³-hybridized carbons (Fsp3) is 0.727. The molecule has 102 valence electrons. The second kappa shape index (κ2) is 5.81. The third kappa shape index (κ3) is 4.33. The van der Waals surface area contributed by atoms with E-state index in [0.29, 0.717) is 6.42 Å². The maximum atomic E-state index is 11.4. The van der Waals surface area contributed by atoms with E-state index >= 15 is 0 Å². The second-order valence-corrected chi connectivity index (χ2v) is 4.64. The molecule has 7 nitrogen and oxygen atoms in total. The molecule has 1 aliphatic rings. The number of aliphatic carboxylic acids is 1. The van der Waals surface area contributed by atoms with Crippen LogP contribution in [0, 0.1) is 0 Å². The highest BCUT2D eigenvalue weighted by Gasteiger charge is 2.31. The summed E-state index contributed by atoms with van der Waals surface area (Å²) in [5.74, 6) is -1.57.